The number of halogens is 1. The summed E-state index contributed by atoms with van der Waals surface area (Å²) in [5.41, 5.74) is 1.79. The Hall–Kier alpha value is -1.96. The summed E-state index contributed by atoms with van der Waals surface area (Å²) in [5.74, 6) is -0.160. The van der Waals surface area contributed by atoms with Crippen molar-refractivity contribution in [2.45, 2.75) is 30.8 Å². The number of benzene rings is 2. The van der Waals surface area contributed by atoms with E-state index in [1.807, 2.05) is 12.1 Å². The van der Waals surface area contributed by atoms with Gasteiger partial charge in [-0.05, 0) is 48.2 Å². The fourth-order valence-corrected chi connectivity index (χ4v) is 4.54. The molecule has 0 atom stereocenters. The molecule has 0 saturated carbocycles. The zero-order chi connectivity index (χ0) is 18.6. The lowest BCUT2D eigenvalue weighted by atomic mass is 10.2. The maximum atomic E-state index is 13.7. The van der Waals surface area contributed by atoms with Crippen molar-refractivity contribution in [2.24, 2.45) is 0 Å². The Kier molecular flexibility index (Phi) is 5.90. The predicted molar refractivity (Wildman–Crippen MR) is 97.9 cm³/mol. The van der Waals surface area contributed by atoms with E-state index < -0.39 is 10.0 Å². The minimum absolute atomic E-state index is 0.226. The number of hydrogen-bond acceptors (Lipinski definition) is 4. The van der Waals surface area contributed by atoms with Crippen LogP contribution in [0.4, 0.5) is 4.39 Å². The largest absolute Gasteiger partial charge is 0.494 e. The third-order valence-electron chi connectivity index (χ3n) is 4.50. The first kappa shape index (κ1) is 18.8. The van der Waals surface area contributed by atoms with Crippen LogP contribution in [-0.2, 0) is 23.1 Å². The highest BCUT2D eigenvalue weighted by Gasteiger charge is 2.26. The number of rotatable bonds is 7. The van der Waals surface area contributed by atoms with Crippen LogP contribution >= 0.6 is 0 Å². The third kappa shape index (κ3) is 4.23. The van der Waals surface area contributed by atoms with E-state index in [2.05, 4.69) is 5.32 Å². The molecule has 0 spiro atoms. The van der Waals surface area contributed by atoms with Crippen LogP contribution in [0.25, 0.3) is 0 Å². The van der Waals surface area contributed by atoms with E-state index in [1.54, 1.807) is 28.6 Å². The number of methoxy groups -OCH3 is 1. The molecular weight excluding hydrogens is 355 g/mol. The molecule has 0 unspecified atom stereocenters. The van der Waals surface area contributed by atoms with Gasteiger partial charge in [0.25, 0.3) is 0 Å². The lowest BCUT2D eigenvalue weighted by molar-refractivity contribution is 0.386. The zero-order valence-corrected chi connectivity index (χ0v) is 15.6. The van der Waals surface area contributed by atoms with Gasteiger partial charge < -0.3 is 10.1 Å². The van der Waals surface area contributed by atoms with E-state index in [0.29, 0.717) is 31.1 Å². The minimum Gasteiger partial charge on any atom is -0.494 e. The van der Waals surface area contributed by atoms with E-state index in [9.17, 15) is 12.8 Å². The lowest BCUT2D eigenvalue weighted by Crippen LogP contribution is -2.27. The topological polar surface area (TPSA) is 58.6 Å². The van der Waals surface area contributed by atoms with Crippen molar-refractivity contribution in [3.63, 3.8) is 0 Å². The molecule has 0 amide bonds. The quantitative estimate of drug-likeness (QED) is 0.805. The summed E-state index contributed by atoms with van der Waals surface area (Å²) in [6.45, 7) is 2.28. The first-order valence-corrected chi connectivity index (χ1v) is 10.1. The van der Waals surface area contributed by atoms with E-state index in [-0.39, 0.29) is 11.6 Å². The molecule has 5 nitrogen and oxygen atoms in total. The highest BCUT2D eigenvalue weighted by Crippen LogP contribution is 2.21. The van der Waals surface area contributed by atoms with Crippen molar-refractivity contribution in [3.05, 3.63) is 59.4 Å². The van der Waals surface area contributed by atoms with Crippen LogP contribution in [0.3, 0.4) is 0 Å². The summed E-state index contributed by atoms with van der Waals surface area (Å²) in [7, 11) is -1.94. The van der Waals surface area contributed by atoms with Crippen molar-refractivity contribution in [1.29, 1.82) is 0 Å². The average molecular weight is 378 g/mol. The lowest BCUT2D eigenvalue weighted by Gasteiger charge is -2.15. The maximum Gasteiger partial charge on any atom is 0.243 e. The number of hydrogen-bond donors (Lipinski definition) is 1. The molecule has 0 radical (unpaired) electrons. The molecule has 1 saturated heterocycles. The molecule has 2 aromatic carbocycles. The van der Waals surface area contributed by atoms with Gasteiger partial charge in [-0.1, -0.05) is 18.2 Å². The Balaban J connectivity index is 1.57. The van der Waals surface area contributed by atoms with Crippen molar-refractivity contribution < 1.29 is 17.5 Å². The van der Waals surface area contributed by atoms with E-state index in [1.165, 1.54) is 13.2 Å². The van der Waals surface area contributed by atoms with Crippen molar-refractivity contribution in [2.75, 3.05) is 20.2 Å². The standard InChI is InChI=1S/C19H23FN2O3S/c1-25-19-9-6-16(12-18(19)20)14-21-13-15-4-7-17(8-5-15)26(23,24)22-10-2-3-11-22/h4-9,12,21H,2-3,10-11,13-14H2,1H3. The Morgan fingerprint density at radius 2 is 1.65 bits per heavy atom. The Morgan fingerprint density at radius 1 is 1.04 bits per heavy atom. The molecule has 1 aliphatic heterocycles. The van der Waals surface area contributed by atoms with Crippen LogP contribution in [0, 0.1) is 5.82 Å². The van der Waals surface area contributed by atoms with Crippen molar-refractivity contribution in [3.8, 4) is 5.75 Å². The summed E-state index contributed by atoms with van der Waals surface area (Å²) in [5, 5.41) is 3.23. The van der Waals surface area contributed by atoms with Gasteiger partial charge in [-0.2, -0.15) is 4.31 Å². The average Bonchev–Trinajstić information content (AvgIpc) is 3.18. The molecule has 0 aromatic heterocycles. The van der Waals surface area contributed by atoms with E-state index in [0.717, 1.165) is 24.0 Å². The summed E-state index contributed by atoms with van der Waals surface area (Å²) in [4.78, 5) is 0.334. The predicted octanol–water partition coefficient (Wildman–Crippen LogP) is 2.91. The van der Waals surface area contributed by atoms with Crippen LogP contribution in [0.15, 0.2) is 47.4 Å². The summed E-state index contributed by atoms with van der Waals surface area (Å²) in [6.07, 6.45) is 1.85. The highest BCUT2D eigenvalue weighted by atomic mass is 32.2. The molecular formula is C19H23FN2O3S. The summed E-state index contributed by atoms with van der Waals surface area (Å²) < 4.78 is 45.1. The van der Waals surface area contributed by atoms with Crippen LogP contribution in [0.1, 0.15) is 24.0 Å². The Morgan fingerprint density at radius 3 is 2.27 bits per heavy atom. The second kappa shape index (κ2) is 8.16. The van der Waals surface area contributed by atoms with Crippen molar-refractivity contribution >= 4 is 10.0 Å². The van der Waals surface area contributed by atoms with Crippen LogP contribution in [0.2, 0.25) is 0 Å². The Labute approximate surface area is 153 Å². The summed E-state index contributed by atoms with van der Waals surface area (Å²) in [6, 6.07) is 11.8. The van der Waals surface area contributed by atoms with Gasteiger partial charge in [0.2, 0.25) is 10.0 Å². The molecule has 26 heavy (non-hydrogen) atoms. The van der Waals surface area contributed by atoms with Crippen LogP contribution in [0.5, 0.6) is 5.75 Å². The third-order valence-corrected chi connectivity index (χ3v) is 6.41. The molecule has 140 valence electrons. The maximum absolute atomic E-state index is 13.7. The van der Waals surface area contributed by atoms with Gasteiger partial charge in [-0.15, -0.1) is 0 Å². The van der Waals surface area contributed by atoms with Gasteiger partial charge in [0, 0.05) is 26.2 Å². The molecule has 0 bridgehead atoms. The summed E-state index contributed by atoms with van der Waals surface area (Å²) >= 11 is 0. The minimum atomic E-state index is -3.37. The number of nitrogens with zero attached hydrogens (tertiary/aromatic N) is 1. The molecule has 3 rings (SSSR count). The van der Waals surface area contributed by atoms with Gasteiger partial charge in [0.05, 0.1) is 12.0 Å². The SMILES string of the molecule is COc1ccc(CNCc2ccc(S(=O)(=O)N3CCCC3)cc2)cc1F. The van der Waals surface area contributed by atoms with Gasteiger partial charge >= 0.3 is 0 Å². The molecule has 1 heterocycles. The molecule has 0 aliphatic carbocycles. The molecule has 1 fully saturated rings. The van der Waals surface area contributed by atoms with Gasteiger partial charge in [-0.3, -0.25) is 0 Å². The molecule has 7 heteroatoms. The Bertz CT molecular complexity index is 848. The van der Waals surface area contributed by atoms with Crippen LogP contribution < -0.4 is 10.1 Å². The zero-order valence-electron chi connectivity index (χ0n) is 14.7. The highest BCUT2D eigenvalue weighted by molar-refractivity contribution is 7.89. The normalized spacial score (nSPS) is 15.3. The van der Waals surface area contributed by atoms with Gasteiger partial charge in [-0.25, -0.2) is 12.8 Å². The fourth-order valence-electron chi connectivity index (χ4n) is 3.03. The molecule has 1 aliphatic rings. The van der Waals surface area contributed by atoms with Crippen LogP contribution in [-0.4, -0.2) is 32.9 Å². The number of nitrogens with one attached hydrogen (secondary N) is 1. The first-order chi connectivity index (χ1) is 12.5. The van der Waals surface area contributed by atoms with Crippen molar-refractivity contribution in [1.82, 2.24) is 9.62 Å². The first-order valence-electron chi connectivity index (χ1n) is 8.63. The number of ether oxygens (including phenoxy) is 1. The van der Waals surface area contributed by atoms with E-state index >= 15 is 0 Å². The second-order valence-electron chi connectivity index (χ2n) is 6.33. The fraction of sp³-hybridized carbons (Fsp3) is 0.368. The smallest absolute Gasteiger partial charge is 0.243 e. The second-order valence-corrected chi connectivity index (χ2v) is 8.27. The number of sulfonamides is 1. The van der Waals surface area contributed by atoms with Gasteiger partial charge in [0.15, 0.2) is 11.6 Å². The molecule has 1 N–H and O–H groups in total. The van der Waals surface area contributed by atoms with E-state index in [4.69, 9.17) is 4.74 Å². The van der Waals surface area contributed by atoms with Gasteiger partial charge in [0.1, 0.15) is 0 Å². The molecule has 2 aromatic rings. The monoisotopic (exact) mass is 378 g/mol.